The lowest BCUT2D eigenvalue weighted by Crippen LogP contribution is -2.59. The van der Waals surface area contributed by atoms with E-state index in [0.717, 1.165) is 0 Å². The molecule has 1 aliphatic rings. The topological polar surface area (TPSA) is 41.1 Å². The highest BCUT2D eigenvalue weighted by Gasteiger charge is 2.38. The van der Waals surface area contributed by atoms with Gasteiger partial charge in [-0.25, -0.2) is 0 Å². The largest absolute Gasteiger partial charge is 0.353 e. The van der Waals surface area contributed by atoms with Gasteiger partial charge in [0, 0.05) is 18.7 Å². The molecular weight excluding hydrogens is 247 g/mol. The van der Waals surface area contributed by atoms with Crippen LogP contribution in [-0.2, 0) is 10.3 Å². The third kappa shape index (κ3) is 1.79. The summed E-state index contributed by atoms with van der Waals surface area (Å²) < 4.78 is 0. The highest BCUT2D eigenvalue weighted by Crippen LogP contribution is 2.33. The fourth-order valence-electron chi connectivity index (χ4n) is 1.85. The standard InChI is InChI=1S/C11H12Cl2N2O/c1-11(10(16)14-5-6-15-11)7-3-2-4-8(12)9(7)13/h2-4,15H,5-6H2,1H3,(H,14,16). The monoisotopic (exact) mass is 258 g/mol. The first-order valence-corrected chi connectivity index (χ1v) is 5.79. The summed E-state index contributed by atoms with van der Waals surface area (Å²) in [5.74, 6) is -0.0806. The van der Waals surface area contributed by atoms with E-state index in [4.69, 9.17) is 23.2 Å². The molecule has 0 aliphatic carbocycles. The summed E-state index contributed by atoms with van der Waals surface area (Å²) in [6.45, 7) is 3.15. The van der Waals surface area contributed by atoms with Crippen molar-refractivity contribution in [3.8, 4) is 0 Å². The SMILES string of the molecule is CC1(c2cccc(Cl)c2Cl)NCCNC1=O. The van der Waals surface area contributed by atoms with Crippen molar-refractivity contribution < 1.29 is 4.79 Å². The van der Waals surface area contributed by atoms with Crippen LogP contribution < -0.4 is 10.6 Å². The zero-order valence-electron chi connectivity index (χ0n) is 8.81. The highest BCUT2D eigenvalue weighted by atomic mass is 35.5. The van der Waals surface area contributed by atoms with E-state index in [0.29, 0.717) is 28.7 Å². The van der Waals surface area contributed by atoms with E-state index in [9.17, 15) is 4.79 Å². The van der Waals surface area contributed by atoms with E-state index in [1.54, 1.807) is 19.1 Å². The van der Waals surface area contributed by atoms with E-state index in [-0.39, 0.29) is 5.91 Å². The molecule has 0 spiro atoms. The number of hydrogen-bond acceptors (Lipinski definition) is 2. The van der Waals surface area contributed by atoms with Crippen molar-refractivity contribution in [2.24, 2.45) is 0 Å². The lowest BCUT2D eigenvalue weighted by Gasteiger charge is -2.34. The number of halogens is 2. The van der Waals surface area contributed by atoms with E-state index >= 15 is 0 Å². The molecule has 16 heavy (non-hydrogen) atoms. The fourth-order valence-corrected chi connectivity index (χ4v) is 2.34. The van der Waals surface area contributed by atoms with Crippen molar-refractivity contribution in [2.45, 2.75) is 12.5 Å². The molecule has 1 unspecified atom stereocenters. The highest BCUT2D eigenvalue weighted by molar-refractivity contribution is 6.42. The maximum atomic E-state index is 11.9. The second kappa shape index (κ2) is 4.24. The van der Waals surface area contributed by atoms with Gasteiger partial charge in [0.1, 0.15) is 5.54 Å². The van der Waals surface area contributed by atoms with Crippen LogP contribution >= 0.6 is 23.2 Å². The minimum absolute atomic E-state index is 0.0806. The Labute approximate surface area is 104 Å². The average Bonchev–Trinajstić information content (AvgIpc) is 2.26. The molecule has 0 radical (unpaired) electrons. The molecule has 0 bridgehead atoms. The van der Waals surface area contributed by atoms with Crippen molar-refractivity contribution in [1.82, 2.24) is 10.6 Å². The minimum atomic E-state index is -0.805. The van der Waals surface area contributed by atoms with Crippen LogP contribution in [0.15, 0.2) is 18.2 Å². The molecule has 1 aromatic carbocycles. The van der Waals surface area contributed by atoms with Gasteiger partial charge in [0.2, 0.25) is 5.91 Å². The Kier molecular flexibility index (Phi) is 3.10. The number of rotatable bonds is 1. The van der Waals surface area contributed by atoms with Gasteiger partial charge in [-0.1, -0.05) is 35.3 Å². The molecule has 5 heteroatoms. The minimum Gasteiger partial charge on any atom is -0.353 e. The molecule has 1 aromatic rings. The molecule has 2 rings (SSSR count). The summed E-state index contributed by atoms with van der Waals surface area (Å²) >= 11 is 12.1. The van der Waals surface area contributed by atoms with E-state index < -0.39 is 5.54 Å². The Balaban J connectivity index is 2.49. The Morgan fingerprint density at radius 2 is 2.06 bits per heavy atom. The van der Waals surface area contributed by atoms with Gasteiger partial charge in [-0.3, -0.25) is 10.1 Å². The molecule has 1 amide bonds. The summed E-state index contributed by atoms with van der Waals surface area (Å²) in [7, 11) is 0. The van der Waals surface area contributed by atoms with Crippen LogP contribution in [-0.4, -0.2) is 19.0 Å². The molecule has 3 nitrogen and oxygen atoms in total. The molecular formula is C11H12Cl2N2O. The van der Waals surface area contributed by atoms with Gasteiger partial charge in [-0.2, -0.15) is 0 Å². The van der Waals surface area contributed by atoms with Crippen LogP contribution in [0.4, 0.5) is 0 Å². The first-order chi connectivity index (χ1) is 7.55. The molecule has 1 saturated heterocycles. The Morgan fingerprint density at radius 3 is 2.75 bits per heavy atom. The number of amides is 1. The third-order valence-corrected chi connectivity index (χ3v) is 3.65. The number of piperazine rings is 1. The lowest BCUT2D eigenvalue weighted by atomic mass is 9.89. The molecule has 1 aliphatic heterocycles. The smallest absolute Gasteiger partial charge is 0.244 e. The number of benzene rings is 1. The first-order valence-electron chi connectivity index (χ1n) is 5.03. The van der Waals surface area contributed by atoms with Crippen LogP contribution in [0.25, 0.3) is 0 Å². The van der Waals surface area contributed by atoms with Crippen LogP contribution in [0.3, 0.4) is 0 Å². The van der Waals surface area contributed by atoms with Gasteiger partial charge < -0.3 is 5.32 Å². The zero-order valence-corrected chi connectivity index (χ0v) is 10.3. The van der Waals surface area contributed by atoms with Crippen molar-refractivity contribution in [2.75, 3.05) is 13.1 Å². The molecule has 1 heterocycles. The van der Waals surface area contributed by atoms with Gasteiger partial charge in [-0.15, -0.1) is 0 Å². The summed E-state index contributed by atoms with van der Waals surface area (Å²) in [5.41, 5.74) is -0.0980. The number of nitrogens with one attached hydrogen (secondary N) is 2. The Morgan fingerprint density at radius 1 is 1.31 bits per heavy atom. The molecule has 1 fully saturated rings. The van der Waals surface area contributed by atoms with Crippen LogP contribution in [0.2, 0.25) is 10.0 Å². The average molecular weight is 259 g/mol. The zero-order chi connectivity index (χ0) is 11.8. The van der Waals surface area contributed by atoms with E-state index in [2.05, 4.69) is 10.6 Å². The lowest BCUT2D eigenvalue weighted by molar-refractivity contribution is -0.128. The maximum absolute atomic E-state index is 11.9. The first kappa shape index (κ1) is 11.7. The number of hydrogen-bond donors (Lipinski definition) is 2. The number of carbonyl (C=O) groups is 1. The summed E-state index contributed by atoms with van der Waals surface area (Å²) in [6.07, 6.45) is 0. The van der Waals surface area contributed by atoms with Crippen molar-refractivity contribution >= 4 is 29.1 Å². The Bertz CT molecular complexity index is 436. The van der Waals surface area contributed by atoms with Crippen molar-refractivity contribution in [1.29, 1.82) is 0 Å². The van der Waals surface area contributed by atoms with Crippen LogP contribution in [0, 0.1) is 0 Å². The van der Waals surface area contributed by atoms with Gasteiger partial charge in [0.25, 0.3) is 0 Å². The summed E-state index contributed by atoms with van der Waals surface area (Å²) in [6, 6.07) is 5.31. The van der Waals surface area contributed by atoms with E-state index in [1.165, 1.54) is 0 Å². The molecule has 2 N–H and O–H groups in total. The molecule has 1 atom stereocenters. The quantitative estimate of drug-likeness (QED) is 0.809. The molecule has 0 saturated carbocycles. The number of carbonyl (C=O) groups excluding carboxylic acids is 1. The third-order valence-electron chi connectivity index (χ3n) is 2.83. The molecule has 86 valence electrons. The van der Waals surface area contributed by atoms with Crippen LogP contribution in [0.5, 0.6) is 0 Å². The van der Waals surface area contributed by atoms with Crippen LogP contribution in [0.1, 0.15) is 12.5 Å². The maximum Gasteiger partial charge on any atom is 0.244 e. The predicted molar refractivity (Wildman–Crippen MR) is 64.8 cm³/mol. The fraction of sp³-hybridized carbons (Fsp3) is 0.364. The van der Waals surface area contributed by atoms with Gasteiger partial charge >= 0.3 is 0 Å². The van der Waals surface area contributed by atoms with Gasteiger partial charge in [-0.05, 0) is 13.0 Å². The molecule has 0 aromatic heterocycles. The van der Waals surface area contributed by atoms with Gasteiger partial charge in [0.05, 0.1) is 10.0 Å². The second-order valence-electron chi connectivity index (χ2n) is 3.91. The normalized spacial score (nSPS) is 25.3. The van der Waals surface area contributed by atoms with Crippen molar-refractivity contribution in [3.05, 3.63) is 33.8 Å². The van der Waals surface area contributed by atoms with Crippen molar-refractivity contribution in [3.63, 3.8) is 0 Å². The predicted octanol–water partition coefficient (Wildman–Crippen LogP) is 1.93. The Hall–Kier alpha value is -0.770. The summed E-state index contributed by atoms with van der Waals surface area (Å²) in [4.78, 5) is 11.9. The van der Waals surface area contributed by atoms with Gasteiger partial charge in [0.15, 0.2) is 0 Å². The van der Waals surface area contributed by atoms with E-state index in [1.807, 2.05) is 6.07 Å². The second-order valence-corrected chi connectivity index (χ2v) is 4.69. The summed E-state index contributed by atoms with van der Waals surface area (Å²) in [5, 5.41) is 6.87.